The maximum atomic E-state index is 11.7. The molecule has 2 nitrogen and oxygen atoms in total. The van der Waals surface area contributed by atoms with E-state index >= 15 is 0 Å². The van der Waals surface area contributed by atoms with Crippen molar-refractivity contribution in [3.8, 4) is 5.75 Å². The van der Waals surface area contributed by atoms with Crippen molar-refractivity contribution < 1.29 is 9.29 Å². The van der Waals surface area contributed by atoms with Crippen LogP contribution in [0.2, 0.25) is 0 Å². The van der Waals surface area contributed by atoms with Gasteiger partial charge in [-0.3, -0.25) is 0 Å². The Morgan fingerprint density at radius 1 is 1.35 bits per heavy atom. The van der Waals surface area contributed by atoms with Crippen molar-refractivity contribution in [2.24, 2.45) is 0 Å². The minimum absolute atomic E-state index is 0.0740. The van der Waals surface area contributed by atoms with Gasteiger partial charge in [0.15, 0.2) is 4.08 Å². The third kappa shape index (κ3) is 2.75. The van der Waals surface area contributed by atoms with Crippen molar-refractivity contribution in [3.63, 3.8) is 0 Å². The highest BCUT2D eigenvalue weighted by Crippen LogP contribution is 2.48. The molecule has 1 atom stereocenters. The quantitative estimate of drug-likeness (QED) is 0.788. The lowest BCUT2D eigenvalue weighted by Crippen LogP contribution is -2.52. The van der Waals surface area contributed by atoms with E-state index in [9.17, 15) is 4.55 Å². The number of thioether (sulfide) groups is 1. The van der Waals surface area contributed by atoms with Gasteiger partial charge in [-0.05, 0) is 36.5 Å². The van der Waals surface area contributed by atoms with E-state index in [1.807, 2.05) is 30.5 Å². The van der Waals surface area contributed by atoms with Gasteiger partial charge < -0.3 is 9.29 Å². The molecule has 0 heterocycles. The van der Waals surface area contributed by atoms with Gasteiger partial charge in [-0.25, -0.2) is 0 Å². The van der Waals surface area contributed by atoms with Crippen LogP contribution in [0.25, 0.3) is 0 Å². The zero-order valence-electron chi connectivity index (χ0n) is 10.4. The van der Waals surface area contributed by atoms with Crippen molar-refractivity contribution in [3.05, 3.63) is 29.8 Å². The molecule has 1 aliphatic rings. The van der Waals surface area contributed by atoms with E-state index in [0.717, 1.165) is 18.6 Å². The number of ether oxygens (including phenoxy) is 1. The Morgan fingerprint density at radius 2 is 1.94 bits per heavy atom. The van der Waals surface area contributed by atoms with Crippen LogP contribution in [0.4, 0.5) is 0 Å². The lowest BCUT2D eigenvalue weighted by atomic mass is 9.94. The van der Waals surface area contributed by atoms with Gasteiger partial charge in [0.05, 0.1) is 6.26 Å². The Balaban J connectivity index is 1.90. The Bertz CT molecular complexity index is 370. The fourth-order valence-electron chi connectivity index (χ4n) is 2.05. The molecule has 17 heavy (non-hydrogen) atoms. The maximum absolute atomic E-state index is 11.7. The second kappa shape index (κ2) is 5.12. The first-order valence-electron chi connectivity index (χ1n) is 5.68. The molecule has 0 spiro atoms. The third-order valence-electron chi connectivity index (χ3n) is 3.30. The van der Waals surface area contributed by atoms with Crippen LogP contribution in [0, 0.1) is 6.92 Å². The SMILES string of the molecule is CSC1([S+](C)[O-])CC(Oc2ccc(C)cc2)C1. The van der Waals surface area contributed by atoms with Crippen LogP contribution in [0.1, 0.15) is 18.4 Å². The number of aryl methyl sites for hydroxylation is 1. The molecule has 0 amide bonds. The molecule has 0 aromatic heterocycles. The van der Waals surface area contributed by atoms with E-state index in [0.29, 0.717) is 0 Å². The van der Waals surface area contributed by atoms with Crippen LogP contribution < -0.4 is 4.74 Å². The number of rotatable bonds is 4. The minimum atomic E-state index is -0.782. The van der Waals surface area contributed by atoms with Crippen molar-refractivity contribution in [1.29, 1.82) is 0 Å². The summed E-state index contributed by atoms with van der Waals surface area (Å²) >= 11 is 0.922. The van der Waals surface area contributed by atoms with Gasteiger partial charge in [0.1, 0.15) is 11.9 Å². The van der Waals surface area contributed by atoms with Gasteiger partial charge in [0.2, 0.25) is 0 Å². The highest BCUT2D eigenvalue weighted by atomic mass is 32.3. The van der Waals surface area contributed by atoms with Gasteiger partial charge in [-0.1, -0.05) is 17.7 Å². The van der Waals surface area contributed by atoms with Crippen LogP contribution in [-0.4, -0.2) is 27.2 Å². The summed E-state index contributed by atoms with van der Waals surface area (Å²) in [4.78, 5) is 0. The molecular formula is C13H18O2S2. The van der Waals surface area contributed by atoms with E-state index in [-0.39, 0.29) is 10.2 Å². The molecule has 1 aliphatic carbocycles. The van der Waals surface area contributed by atoms with Crippen LogP contribution in [-0.2, 0) is 11.2 Å². The molecular weight excluding hydrogens is 252 g/mol. The molecule has 0 N–H and O–H groups in total. The van der Waals surface area contributed by atoms with Gasteiger partial charge >= 0.3 is 0 Å². The average molecular weight is 270 g/mol. The highest BCUT2D eigenvalue weighted by molar-refractivity contribution is 8.14. The molecule has 1 aromatic carbocycles. The zero-order valence-corrected chi connectivity index (χ0v) is 12.1. The fourth-order valence-corrected chi connectivity index (χ4v) is 4.53. The minimum Gasteiger partial charge on any atom is -0.615 e. The van der Waals surface area contributed by atoms with Gasteiger partial charge in [0, 0.05) is 12.8 Å². The summed E-state index contributed by atoms with van der Waals surface area (Å²) in [6, 6.07) is 8.09. The first-order valence-corrected chi connectivity index (χ1v) is 8.46. The maximum Gasteiger partial charge on any atom is 0.177 e. The molecule has 0 aliphatic heterocycles. The van der Waals surface area contributed by atoms with E-state index in [1.165, 1.54) is 5.56 Å². The average Bonchev–Trinajstić information content (AvgIpc) is 2.25. The summed E-state index contributed by atoms with van der Waals surface area (Å²) in [6.07, 6.45) is 5.80. The Hall–Kier alpha value is -0.320. The number of benzene rings is 1. The summed E-state index contributed by atoms with van der Waals surface area (Å²) in [5, 5.41) is 0. The van der Waals surface area contributed by atoms with Crippen molar-refractivity contribution in [2.75, 3.05) is 12.5 Å². The van der Waals surface area contributed by atoms with Crippen LogP contribution in [0.5, 0.6) is 5.75 Å². The molecule has 1 fully saturated rings. The molecule has 1 unspecified atom stereocenters. The largest absolute Gasteiger partial charge is 0.615 e. The monoisotopic (exact) mass is 270 g/mol. The second-order valence-electron chi connectivity index (χ2n) is 4.53. The van der Waals surface area contributed by atoms with Crippen molar-refractivity contribution in [1.82, 2.24) is 0 Å². The Labute approximate surface area is 110 Å². The first kappa shape index (κ1) is 13.1. The van der Waals surface area contributed by atoms with E-state index < -0.39 is 11.2 Å². The van der Waals surface area contributed by atoms with E-state index in [2.05, 4.69) is 6.92 Å². The normalized spacial score (nSPS) is 29.5. The smallest absolute Gasteiger partial charge is 0.177 e. The van der Waals surface area contributed by atoms with Crippen LogP contribution in [0.3, 0.4) is 0 Å². The molecule has 0 saturated heterocycles. The van der Waals surface area contributed by atoms with Gasteiger partial charge in [0.25, 0.3) is 0 Å². The second-order valence-corrected chi connectivity index (χ2v) is 7.67. The van der Waals surface area contributed by atoms with E-state index in [4.69, 9.17) is 4.74 Å². The summed E-state index contributed by atoms with van der Waals surface area (Å²) < 4.78 is 17.4. The number of hydrogen-bond donors (Lipinski definition) is 0. The van der Waals surface area contributed by atoms with E-state index in [1.54, 1.807) is 18.0 Å². The molecule has 4 heteroatoms. The van der Waals surface area contributed by atoms with Crippen molar-refractivity contribution in [2.45, 2.75) is 29.9 Å². The summed E-state index contributed by atoms with van der Waals surface area (Å²) in [5.41, 5.74) is 1.24. The van der Waals surface area contributed by atoms with Crippen LogP contribution in [0.15, 0.2) is 24.3 Å². The summed E-state index contributed by atoms with van der Waals surface area (Å²) in [6.45, 7) is 2.06. The molecule has 1 saturated carbocycles. The fraction of sp³-hybridized carbons (Fsp3) is 0.538. The summed E-state index contributed by atoms with van der Waals surface area (Å²) in [7, 11) is 0. The highest BCUT2D eigenvalue weighted by Gasteiger charge is 2.53. The molecule has 0 radical (unpaired) electrons. The molecule has 0 bridgehead atoms. The first-order chi connectivity index (χ1) is 8.05. The Morgan fingerprint density at radius 3 is 2.41 bits per heavy atom. The van der Waals surface area contributed by atoms with Crippen molar-refractivity contribution >= 4 is 22.9 Å². The molecule has 1 aromatic rings. The third-order valence-corrected chi connectivity index (χ3v) is 6.96. The lowest BCUT2D eigenvalue weighted by molar-refractivity contribution is 0.113. The van der Waals surface area contributed by atoms with Crippen LogP contribution >= 0.6 is 11.8 Å². The topological polar surface area (TPSA) is 32.3 Å². The predicted molar refractivity (Wildman–Crippen MR) is 75.1 cm³/mol. The zero-order chi connectivity index (χ0) is 12.5. The number of hydrogen-bond acceptors (Lipinski definition) is 3. The molecule has 2 rings (SSSR count). The van der Waals surface area contributed by atoms with Gasteiger partial charge in [-0.15, -0.1) is 11.8 Å². The van der Waals surface area contributed by atoms with Gasteiger partial charge in [-0.2, -0.15) is 0 Å². The predicted octanol–water partition coefficient (Wildman–Crippen LogP) is 2.97. The standard InChI is InChI=1S/C13H18O2S2/c1-10-4-6-11(7-5-10)15-12-8-13(9-12,16-2)17(3)14/h4-7,12H,8-9H2,1-3H3. The summed E-state index contributed by atoms with van der Waals surface area (Å²) in [5.74, 6) is 0.914. The lowest BCUT2D eigenvalue weighted by Gasteiger charge is -2.44. The molecule has 94 valence electrons. The Kier molecular flexibility index (Phi) is 3.95.